The molecule has 0 spiro atoms. The van der Waals surface area contributed by atoms with E-state index in [1.165, 1.54) is 0 Å². The number of benzene rings is 2. The molecule has 4 aromatic rings. The normalized spacial score (nSPS) is 16.5. The zero-order valence-electron chi connectivity index (χ0n) is 20.7. The molecule has 0 bridgehead atoms. The quantitative estimate of drug-likeness (QED) is 0.284. The number of fused-ring (bicyclic) bond motifs is 1. The number of piperidine rings is 1. The lowest BCUT2D eigenvalue weighted by molar-refractivity contribution is 0.208. The highest BCUT2D eigenvalue weighted by Gasteiger charge is 2.17. The first-order chi connectivity index (χ1) is 17.6. The molecule has 1 fully saturated rings. The Bertz CT molecular complexity index is 1340. The fourth-order valence-corrected chi connectivity index (χ4v) is 4.49. The average molecular weight is 485 g/mol. The van der Waals surface area contributed by atoms with E-state index >= 15 is 0 Å². The first-order valence-corrected chi connectivity index (χ1v) is 12.5. The Morgan fingerprint density at radius 1 is 1.08 bits per heavy atom. The van der Waals surface area contributed by atoms with Crippen LogP contribution in [0.1, 0.15) is 25.3 Å². The van der Waals surface area contributed by atoms with Crippen LogP contribution in [0.2, 0.25) is 0 Å². The van der Waals surface area contributed by atoms with Crippen molar-refractivity contribution in [2.45, 2.75) is 38.8 Å². The van der Waals surface area contributed by atoms with Crippen molar-refractivity contribution < 1.29 is 9.84 Å². The number of hydrogen-bond acceptors (Lipinski definition) is 8. The molecule has 8 heteroatoms. The summed E-state index contributed by atoms with van der Waals surface area (Å²) < 4.78 is 6.50. The molecular formula is C28H32N6O2. The molecule has 2 aromatic heterocycles. The van der Waals surface area contributed by atoms with Gasteiger partial charge < -0.3 is 25.8 Å². The van der Waals surface area contributed by atoms with Crippen LogP contribution in [0.15, 0.2) is 60.9 Å². The SMILES string of the molecule is Cc1ccc2c(NC[C@@H](C)O)cccc2c1Oc1ncccc1-c1ccnc(N[C@H]2CCCNC2)n1. The second-order valence-electron chi connectivity index (χ2n) is 9.25. The van der Waals surface area contributed by atoms with Gasteiger partial charge in [-0.25, -0.2) is 15.0 Å². The second kappa shape index (κ2) is 10.9. The summed E-state index contributed by atoms with van der Waals surface area (Å²) in [6.45, 7) is 6.22. The van der Waals surface area contributed by atoms with Crippen LogP contribution in [0.3, 0.4) is 0 Å². The number of ether oxygens (including phenoxy) is 1. The van der Waals surface area contributed by atoms with Crippen LogP contribution >= 0.6 is 0 Å². The fourth-order valence-electron chi connectivity index (χ4n) is 4.49. The lowest BCUT2D eigenvalue weighted by atomic mass is 10.0. The predicted molar refractivity (Wildman–Crippen MR) is 144 cm³/mol. The van der Waals surface area contributed by atoms with Crippen molar-refractivity contribution >= 4 is 22.4 Å². The van der Waals surface area contributed by atoms with Gasteiger partial charge >= 0.3 is 0 Å². The molecule has 1 saturated heterocycles. The van der Waals surface area contributed by atoms with Gasteiger partial charge in [-0.2, -0.15) is 0 Å². The Morgan fingerprint density at radius 3 is 2.83 bits per heavy atom. The third-order valence-corrected chi connectivity index (χ3v) is 6.33. The van der Waals surface area contributed by atoms with Gasteiger partial charge in [0, 0.05) is 48.0 Å². The Balaban J connectivity index is 1.47. The van der Waals surface area contributed by atoms with E-state index in [0.29, 0.717) is 24.4 Å². The third kappa shape index (κ3) is 5.40. The Labute approximate surface area is 211 Å². The molecule has 0 amide bonds. The van der Waals surface area contributed by atoms with Crippen molar-refractivity contribution in [3.8, 4) is 22.9 Å². The first kappa shape index (κ1) is 24.0. The minimum atomic E-state index is -0.445. The summed E-state index contributed by atoms with van der Waals surface area (Å²) in [4.78, 5) is 13.8. The Kier molecular flexibility index (Phi) is 7.25. The van der Waals surface area contributed by atoms with Crippen molar-refractivity contribution in [3.05, 3.63) is 66.5 Å². The summed E-state index contributed by atoms with van der Waals surface area (Å²) >= 11 is 0. The molecule has 1 aliphatic rings. The highest BCUT2D eigenvalue weighted by atomic mass is 16.5. The zero-order valence-corrected chi connectivity index (χ0v) is 20.7. The number of nitrogens with zero attached hydrogens (tertiary/aromatic N) is 3. The van der Waals surface area contributed by atoms with Gasteiger partial charge in [-0.05, 0) is 63.1 Å². The monoisotopic (exact) mass is 484 g/mol. The maximum absolute atomic E-state index is 9.72. The first-order valence-electron chi connectivity index (χ1n) is 12.5. The number of hydrogen-bond donors (Lipinski definition) is 4. The number of anilines is 2. The minimum Gasteiger partial charge on any atom is -0.437 e. The van der Waals surface area contributed by atoms with Crippen molar-refractivity contribution in [2.24, 2.45) is 0 Å². The molecule has 0 unspecified atom stereocenters. The summed E-state index contributed by atoms with van der Waals surface area (Å²) in [6, 6.07) is 16.2. The third-order valence-electron chi connectivity index (χ3n) is 6.33. The zero-order chi connectivity index (χ0) is 24.9. The number of aryl methyl sites for hydroxylation is 1. The Hall–Kier alpha value is -3.75. The predicted octanol–water partition coefficient (Wildman–Crippen LogP) is 4.75. The molecule has 36 heavy (non-hydrogen) atoms. The van der Waals surface area contributed by atoms with E-state index in [9.17, 15) is 5.11 Å². The highest BCUT2D eigenvalue weighted by Crippen LogP contribution is 2.38. The van der Waals surface area contributed by atoms with Crippen LogP contribution < -0.4 is 20.7 Å². The molecule has 5 rings (SSSR count). The van der Waals surface area contributed by atoms with Crippen molar-refractivity contribution in [1.29, 1.82) is 0 Å². The van der Waals surface area contributed by atoms with Gasteiger partial charge in [0.15, 0.2) is 0 Å². The summed E-state index contributed by atoms with van der Waals surface area (Å²) in [7, 11) is 0. The molecule has 2 aromatic carbocycles. The van der Waals surface area contributed by atoms with Gasteiger partial charge in [0.25, 0.3) is 0 Å². The maximum Gasteiger partial charge on any atom is 0.228 e. The van der Waals surface area contributed by atoms with E-state index in [1.54, 1.807) is 19.3 Å². The second-order valence-corrected chi connectivity index (χ2v) is 9.25. The van der Waals surface area contributed by atoms with E-state index in [1.807, 2.05) is 49.4 Å². The molecular weight excluding hydrogens is 452 g/mol. The molecule has 2 atom stereocenters. The summed E-state index contributed by atoms with van der Waals surface area (Å²) in [5.41, 5.74) is 3.49. The van der Waals surface area contributed by atoms with E-state index < -0.39 is 6.10 Å². The number of rotatable bonds is 8. The van der Waals surface area contributed by atoms with Crippen LogP contribution in [-0.2, 0) is 0 Å². The molecule has 4 N–H and O–H groups in total. The van der Waals surface area contributed by atoms with Crippen molar-refractivity contribution in [1.82, 2.24) is 20.3 Å². The topological polar surface area (TPSA) is 104 Å². The van der Waals surface area contributed by atoms with Gasteiger partial charge in [-0.15, -0.1) is 0 Å². The number of nitrogens with one attached hydrogen (secondary N) is 3. The lowest BCUT2D eigenvalue weighted by Gasteiger charge is -2.23. The van der Waals surface area contributed by atoms with Gasteiger partial charge in [-0.3, -0.25) is 0 Å². The molecule has 0 radical (unpaired) electrons. The average Bonchev–Trinajstić information content (AvgIpc) is 2.90. The fraction of sp³-hybridized carbons (Fsp3) is 0.321. The van der Waals surface area contributed by atoms with Crippen LogP contribution in [0.4, 0.5) is 11.6 Å². The molecule has 0 saturated carbocycles. The maximum atomic E-state index is 9.72. The van der Waals surface area contributed by atoms with Gasteiger partial charge in [-0.1, -0.05) is 24.3 Å². The lowest BCUT2D eigenvalue weighted by Crippen LogP contribution is -2.38. The highest BCUT2D eigenvalue weighted by molar-refractivity contribution is 5.98. The summed E-state index contributed by atoms with van der Waals surface area (Å²) in [5, 5.41) is 21.9. The van der Waals surface area contributed by atoms with E-state index in [2.05, 4.69) is 32.0 Å². The van der Waals surface area contributed by atoms with Crippen molar-refractivity contribution in [3.63, 3.8) is 0 Å². The molecule has 3 heterocycles. The standard InChI is InChI=1S/C28H32N6O2/c1-18-10-11-21-22(7-3-9-24(21)32-16-19(2)35)26(18)36-27-23(8-5-14-30-27)25-12-15-31-28(34-25)33-20-6-4-13-29-17-20/h3,5,7-12,14-15,19-20,29,32,35H,4,6,13,16-17H2,1-2H3,(H,31,33,34)/t19-,20+/m1/s1. The van der Waals surface area contributed by atoms with Gasteiger partial charge in [0.2, 0.25) is 11.8 Å². The number of aromatic nitrogens is 3. The van der Waals surface area contributed by atoms with Crippen LogP contribution in [0, 0.1) is 6.92 Å². The van der Waals surface area contributed by atoms with E-state index in [4.69, 9.17) is 9.72 Å². The van der Waals surface area contributed by atoms with E-state index in [0.717, 1.165) is 65.0 Å². The van der Waals surface area contributed by atoms with Gasteiger partial charge in [0.05, 0.1) is 17.4 Å². The van der Waals surface area contributed by atoms with Gasteiger partial charge in [0.1, 0.15) is 5.75 Å². The molecule has 8 nitrogen and oxygen atoms in total. The molecule has 1 aliphatic heterocycles. The smallest absolute Gasteiger partial charge is 0.228 e. The van der Waals surface area contributed by atoms with E-state index in [-0.39, 0.29) is 0 Å². The minimum absolute atomic E-state index is 0.313. The summed E-state index contributed by atoms with van der Waals surface area (Å²) in [6.07, 6.45) is 5.28. The molecule has 186 valence electrons. The Morgan fingerprint density at radius 2 is 2.00 bits per heavy atom. The summed E-state index contributed by atoms with van der Waals surface area (Å²) in [5.74, 6) is 1.83. The van der Waals surface area contributed by atoms with Crippen molar-refractivity contribution in [2.75, 3.05) is 30.3 Å². The largest absolute Gasteiger partial charge is 0.437 e. The number of aliphatic hydroxyl groups excluding tert-OH is 1. The van der Waals surface area contributed by atoms with Crippen LogP contribution in [-0.4, -0.2) is 51.8 Å². The number of aliphatic hydroxyl groups is 1. The van der Waals surface area contributed by atoms with Crippen LogP contribution in [0.5, 0.6) is 11.6 Å². The number of pyridine rings is 1. The molecule has 0 aliphatic carbocycles. The van der Waals surface area contributed by atoms with Crippen LogP contribution in [0.25, 0.3) is 22.0 Å².